The molecule has 10 nitrogen and oxygen atoms in total. The molecule has 2 aliphatic heterocycles. The van der Waals surface area contributed by atoms with Crippen molar-refractivity contribution >= 4 is 50.1 Å². The van der Waals surface area contributed by atoms with Crippen molar-refractivity contribution in [1.82, 2.24) is 39.9 Å². The summed E-state index contributed by atoms with van der Waals surface area (Å²) in [6.07, 6.45) is 0. The van der Waals surface area contributed by atoms with Crippen LogP contribution in [0.3, 0.4) is 0 Å². The highest BCUT2D eigenvalue weighted by atomic mass is 16.4. The number of carboxylic acids is 1. The Morgan fingerprint density at radius 1 is 0.491 bits per heavy atom. The van der Waals surface area contributed by atoms with Crippen LogP contribution in [0.15, 0.2) is 72.8 Å². The predicted molar refractivity (Wildman–Crippen MR) is 219 cm³/mol. The van der Waals surface area contributed by atoms with Crippen molar-refractivity contribution in [2.45, 2.75) is 78.6 Å². The average molecular weight is 727 g/mol. The molecule has 0 atom stereocenters. The molecule has 7 aromatic rings. The minimum atomic E-state index is -1.04. The van der Waals surface area contributed by atoms with Gasteiger partial charge in [-0.2, -0.15) is 0 Å². The number of benzene rings is 4. The smallest absolute Gasteiger partial charge is 0.335 e. The molecular weight excluding hydrogens is 685 g/mol. The number of H-pyrrole nitrogens is 2. The second-order valence-corrected chi connectivity index (χ2v) is 17.6. The molecule has 9 rings (SSSR count). The maximum Gasteiger partial charge on any atom is 0.335 e. The number of hydrogen-bond acceptors (Lipinski definition) is 7. The van der Waals surface area contributed by atoms with Gasteiger partial charge in [0.25, 0.3) is 0 Å². The summed E-state index contributed by atoms with van der Waals surface area (Å²) in [5.74, 6) is 0.852. The number of hydrogen-bond donors (Lipinski definition) is 3. The van der Waals surface area contributed by atoms with Gasteiger partial charge in [0, 0.05) is 43.8 Å². The molecular formula is C45H42N8O2. The lowest BCUT2D eigenvalue weighted by Gasteiger charge is -2.22. The first-order valence-electron chi connectivity index (χ1n) is 18.6. The molecule has 3 N–H and O–H groups in total. The molecule has 3 aromatic heterocycles. The van der Waals surface area contributed by atoms with Crippen LogP contribution in [0.4, 0.5) is 0 Å². The van der Waals surface area contributed by atoms with Crippen LogP contribution in [-0.2, 0) is 16.2 Å². The molecule has 0 fully saturated rings. The number of aromatic amines is 2. The van der Waals surface area contributed by atoms with Crippen molar-refractivity contribution in [1.29, 1.82) is 0 Å². The summed E-state index contributed by atoms with van der Waals surface area (Å²) in [7, 11) is 0. The number of aromatic nitrogens is 8. The summed E-state index contributed by atoms with van der Waals surface area (Å²) < 4.78 is 0. The Labute approximate surface area is 318 Å². The molecule has 0 radical (unpaired) electrons. The number of aromatic carboxylic acids is 1. The third-order valence-electron chi connectivity index (χ3n) is 10.6. The van der Waals surface area contributed by atoms with E-state index >= 15 is 0 Å². The first kappa shape index (κ1) is 34.5. The van der Waals surface area contributed by atoms with Gasteiger partial charge in [-0.1, -0.05) is 117 Å². The van der Waals surface area contributed by atoms with E-state index < -0.39 is 5.97 Å². The highest BCUT2D eigenvalue weighted by molar-refractivity contribution is 6.09. The van der Waals surface area contributed by atoms with E-state index in [2.05, 4.69) is 115 Å². The third-order valence-corrected chi connectivity index (χ3v) is 10.6. The highest BCUT2D eigenvalue weighted by Crippen LogP contribution is 2.43. The van der Waals surface area contributed by atoms with Gasteiger partial charge in [0.15, 0.2) is 23.3 Å². The first-order valence-corrected chi connectivity index (χ1v) is 18.6. The van der Waals surface area contributed by atoms with E-state index in [4.69, 9.17) is 29.9 Å². The highest BCUT2D eigenvalue weighted by Gasteiger charge is 2.30. The van der Waals surface area contributed by atoms with Gasteiger partial charge in [-0.25, -0.2) is 34.7 Å². The number of nitrogens with one attached hydrogen (secondary N) is 2. The van der Waals surface area contributed by atoms with Crippen LogP contribution in [0.1, 0.15) is 89.4 Å². The fourth-order valence-corrected chi connectivity index (χ4v) is 7.95. The van der Waals surface area contributed by atoms with Crippen molar-refractivity contribution < 1.29 is 9.90 Å². The molecule has 0 amide bonds. The summed E-state index contributed by atoms with van der Waals surface area (Å²) >= 11 is 0. The van der Waals surface area contributed by atoms with E-state index in [1.807, 2.05) is 12.1 Å². The number of rotatable bonds is 1. The van der Waals surface area contributed by atoms with Gasteiger partial charge in [0.1, 0.15) is 22.6 Å². The van der Waals surface area contributed by atoms with Gasteiger partial charge in [-0.15, -0.1) is 0 Å². The van der Waals surface area contributed by atoms with Crippen LogP contribution >= 0.6 is 0 Å². The van der Waals surface area contributed by atoms with E-state index in [0.717, 1.165) is 49.4 Å². The van der Waals surface area contributed by atoms with Gasteiger partial charge in [-0.05, 0) is 51.1 Å². The Hall–Kier alpha value is -6.29. The molecule has 55 heavy (non-hydrogen) atoms. The van der Waals surface area contributed by atoms with Crippen molar-refractivity contribution in [3.05, 3.63) is 95.1 Å². The van der Waals surface area contributed by atoms with E-state index in [9.17, 15) is 9.90 Å². The fourth-order valence-electron chi connectivity index (χ4n) is 7.95. The molecule has 0 spiro atoms. The van der Waals surface area contributed by atoms with Gasteiger partial charge < -0.3 is 15.1 Å². The van der Waals surface area contributed by atoms with Crippen molar-refractivity contribution in [3.63, 3.8) is 0 Å². The van der Waals surface area contributed by atoms with Gasteiger partial charge >= 0.3 is 5.97 Å². The van der Waals surface area contributed by atoms with E-state index in [0.29, 0.717) is 57.0 Å². The normalized spacial score (nSPS) is 13.0. The van der Waals surface area contributed by atoms with Crippen molar-refractivity contribution in [3.8, 4) is 45.6 Å². The Kier molecular flexibility index (Phi) is 7.27. The molecule has 274 valence electrons. The minimum Gasteiger partial charge on any atom is -0.478 e. The number of carbonyl (C=O) groups is 1. The maximum absolute atomic E-state index is 12.2. The van der Waals surface area contributed by atoms with Crippen LogP contribution in [0.5, 0.6) is 0 Å². The molecule has 10 heteroatoms. The quantitative estimate of drug-likeness (QED) is 0.151. The van der Waals surface area contributed by atoms with Gasteiger partial charge in [-0.3, -0.25) is 0 Å². The number of nitrogens with zero attached hydrogens (tertiary/aromatic N) is 6. The van der Waals surface area contributed by atoms with Crippen LogP contribution < -0.4 is 0 Å². The van der Waals surface area contributed by atoms with Crippen LogP contribution in [0.2, 0.25) is 0 Å². The summed E-state index contributed by atoms with van der Waals surface area (Å²) in [5, 5.41) is 13.6. The predicted octanol–water partition coefficient (Wildman–Crippen LogP) is 10.5. The molecule has 0 saturated carbocycles. The van der Waals surface area contributed by atoms with E-state index in [1.54, 1.807) is 18.2 Å². The maximum atomic E-state index is 12.2. The summed E-state index contributed by atoms with van der Waals surface area (Å²) in [6, 6.07) is 23.7. The second kappa shape index (κ2) is 11.6. The van der Waals surface area contributed by atoms with Crippen LogP contribution in [0.25, 0.3) is 89.7 Å². The second-order valence-electron chi connectivity index (χ2n) is 17.6. The van der Waals surface area contributed by atoms with Crippen LogP contribution in [0, 0.1) is 0 Å². The van der Waals surface area contributed by atoms with Crippen molar-refractivity contribution in [2.75, 3.05) is 0 Å². The summed E-state index contributed by atoms with van der Waals surface area (Å²) in [5.41, 5.74) is 8.27. The SMILES string of the molecule is CC(C)(C)c1cccc2c1-c1nc-2nc2[nH]c(nc3nc(nc4[nH]c(n1)c1c(C(C)(C)C)cccc41)-c1cc(C(=O)O)ccc1-3)c1c(C(C)(C)C)cccc21. The average Bonchev–Trinajstić information content (AvgIpc) is 3.85. The molecule has 8 bridgehead atoms. The third kappa shape index (κ3) is 5.49. The number of carboxylic acid groups (broad SMARTS) is 1. The molecule has 2 aliphatic rings. The molecule has 4 aromatic carbocycles. The molecule has 5 heterocycles. The number of fused-ring (bicyclic) bond motifs is 20. The molecule has 0 aliphatic carbocycles. The Bertz CT molecular complexity index is 2970. The largest absolute Gasteiger partial charge is 0.478 e. The van der Waals surface area contributed by atoms with E-state index in [1.165, 1.54) is 0 Å². The Morgan fingerprint density at radius 2 is 0.945 bits per heavy atom. The lowest BCUT2D eigenvalue weighted by molar-refractivity contribution is 0.0697. The zero-order chi connectivity index (χ0) is 38.8. The Morgan fingerprint density at radius 3 is 1.49 bits per heavy atom. The Balaban J connectivity index is 1.54. The zero-order valence-corrected chi connectivity index (χ0v) is 32.5. The molecule has 0 unspecified atom stereocenters. The standard InChI is InChI=1S/C45H42N8O2/c1-43(2,3)28-16-10-13-24-31(28)39-49-34-23-20-19-22(42(54)55)21-27(23)38(46-34)48-37-26-15-12-18-30(45(7,8)9)33(26)41(52-37)53-40-32-25(36(51-40)47-35(24)50-39)14-11-17-29(32)44(4,5)6/h10-21H,1-9H3,(H,54,55)(H2,46,47,48,49,50,51,52,53). The molecule has 0 saturated heterocycles. The topological polar surface area (TPSA) is 146 Å². The fraction of sp³-hybridized carbons (Fsp3) is 0.267. The van der Waals surface area contributed by atoms with E-state index in [-0.39, 0.29) is 21.8 Å². The lowest BCUT2D eigenvalue weighted by atomic mass is 9.82. The van der Waals surface area contributed by atoms with Gasteiger partial charge in [0.2, 0.25) is 0 Å². The summed E-state index contributed by atoms with van der Waals surface area (Å²) in [6.45, 7) is 19.7. The van der Waals surface area contributed by atoms with Crippen LogP contribution in [-0.4, -0.2) is 50.9 Å². The zero-order valence-electron chi connectivity index (χ0n) is 32.5. The summed E-state index contributed by atoms with van der Waals surface area (Å²) in [4.78, 5) is 50.6. The van der Waals surface area contributed by atoms with Crippen molar-refractivity contribution in [2.24, 2.45) is 0 Å². The minimum absolute atomic E-state index is 0.136. The lowest BCUT2D eigenvalue weighted by Crippen LogP contribution is -2.13. The monoisotopic (exact) mass is 726 g/mol. The van der Waals surface area contributed by atoms with Gasteiger partial charge in [0.05, 0.1) is 5.56 Å². The first-order chi connectivity index (χ1) is 26.0.